The fraction of sp³-hybridized carbons (Fsp3) is 0.750. The third kappa shape index (κ3) is 1.99. The van der Waals surface area contributed by atoms with E-state index in [1.54, 1.807) is 6.20 Å². The number of rotatable bonds is 2. The summed E-state index contributed by atoms with van der Waals surface area (Å²) in [5.41, 5.74) is 0. The van der Waals surface area contributed by atoms with Gasteiger partial charge in [-0.2, -0.15) is 0 Å². The molecule has 3 unspecified atom stereocenters. The summed E-state index contributed by atoms with van der Waals surface area (Å²) in [5, 5.41) is 10.3. The van der Waals surface area contributed by atoms with Crippen molar-refractivity contribution in [1.82, 2.24) is 14.5 Å². The van der Waals surface area contributed by atoms with Crippen molar-refractivity contribution in [3.05, 3.63) is 18.2 Å². The summed E-state index contributed by atoms with van der Waals surface area (Å²) in [5.74, 6) is 0.688. The molecule has 3 atom stereocenters. The van der Waals surface area contributed by atoms with Gasteiger partial charge in [-0.3, -0.25) is 4.90 Å². The number of hydrogen-bond donors (Lipinski definition) is 1. The quantitative estimate of drug-likeness (QED) is 0.804. The zero-order valence-corrected chi connectivity index (χ0v) is 10.1. The predicted octanol–water partition coefficient (Wildman–Crippen LogP) is 0.317. The topological polar surface area (TPSA) is 50.5 Å². The number of aliphatic hydroxyl groups is 1. The number of aliphatic hydroxyl groups excluding tert-OH is 1. The van der Waals surface area contributed by atoms with Crippen LogP contribution in [-0.4, -0.2) is 51.4 Å². The first-order chi connectivity index (χ1) is 8.25. The zero-order chi connectivity index (χ0) is 11.8. The van der Waals surface area contributed by atoms with E-state index in [0.29, 0.717) is 11.9 Å². The molecule has 2 aliphatic heterocycles. The molecule has 1 aromatic heterocycles. The van der Waals surface area contributed by atoms with E-state index >= 15 is 0 Å². The highest BCUT2D eigenvalue weighted by molar-refractivity contribution is 5.00. The molecule has 0 saturated carbocycles. The highest BCUT2D eigenvalue weighted by Gasteiger charge is 2.36. The fourth-order valence-electron chi connectivity index (χ4n) is 2.86. The van der Waals surface area contributed by atoms with E-state index in [1.165, 1.54) is 12.8 Å². The van der Waals surface area contributed by atoms with Crippen molar-refractivity contribution in [1.29, 1.82) is 0 Å². The minimum absolute atomic E-state index is 0.148. The maximum absolute atomic E-state index is 10.3. The summed E-state index contributed by atoms with van der Waals surface area (Å²) in [7, 11) is 1.90. The SMILES string of the molecule is Cn1ccnc1C(O)C1CN2CCCC2CO1. The average molecular weight is 237 g/mol. The first-order valence-electron chi connectivity index (χ1n) is 6.26. The molecule has 0 aliphatic carbocycles. The summed E-state index contributed by atoms with van der Waals surface area (Å²) < 4.78 is 7.64. The Balaban J connectivity index is 1.71. The molecule has 0 bridgehead atoms. The number of imidazole rings is 1. The van der Waals surface area contributed by atoms with E-state index in [2.05, 4.69) is 9.88 Å². The number of nitrogens with zero attached hydrogens (tertiary/aromatic N) is 3. The van der Waals surface area contributed by atoms with Crippen LogP contribution in [0.2, 0.25) is 0 Å². The zero-order valence-electron chi connectivity index (χ0n) is 10.1. The Morgan fingerprint density at radius 3 is 3.24 bits per heavy atom. The number of aryl methyl sites for hydroxylation is 1. The van der Waals surface area contributed by atoms with E-state index < -0.39 is 6.10 Å². The molecule has 17 heavy (non-hydrogen) atoms. The maximum Gasteiger partial charge on any atom is 0.140 e. The Hall–Kier alpha value is -0.910. The Kier molecular flexibility index (Phi) is 2.90. The summed E-state index contributed by atoms with van der Waals surface area (Å²) in [6.45, 7) is 2.70. The molecule has 0 aromatic carbocycles. The van der Waals surface area contributed by atoms with E-state index in [4.69, 9.17) is 4.74 Å². The molecule has 0 spiro atoms. The molecule has 2 saturated heterocycles. The van der Waals surface area contributed by atoms with Crippen molar-refractivity contribution in [2.75, 3.05) is 19.7 Å². The van der Waals surface area contributed by atoms with Gasteiger partial charge in [-0.15, -0.1) is 0 Å². The van der Waals surface area contributed by atoms with Crippen LogP contribution in [0.4, 0.5) is 0 Å². The van der Waals surface area contributed by atoms with Crippen LogP contribution in [-0.2, 0) is 11.8 Å². The Morgan fingerprint density at radius 2 is 2.47 bits per heavy atom. The molecule has 0 amide bonds. The van der Waals surface area contributed by atoms with Gasteiger partial charge in [0.05, 0.1) is 6.61 Å². The van der Waals surface area contributed by atoms with Crippen LogP contribution in [0, 0.1) is 0 Å². The minimum Gasteiger partial charge on any atom is -0.382 e. The molecule has 3 rings (SSSR count). The van der Waals surface area contributed by atoms with Crippen LogP contribution in [0.15, 0.2) is 12.4 Å². The fourth-order valence-corrected chi connectivity index (χ4v) is 2.86. The Labute approximate surface area is 101 Å². The van der Waals surface area contributed by atoms with Crippen molar-refractivity contribution in [3.63, 3.8) is 0 Å². The number of aromatic nitrogens is 2. The van der Waals surface area contributed by atoms with Crippen molar-refractivity contribution in [2.24, 2.45) is 7.05 Å². The molecule has 2 aliphatic rings. The van der Waals surface area contributed by atoms with Crippen LogP contribution in [0.5, 0.6) is 0 Å². The normalized spacial score (nSPS) is 31.4. The summed E-state index contributed by atoms with van der Waals surface area (Å²) in [4.78, 5) is 6.62. The number of fused-ring (bicyclic) bond motifs is 1. The molecule has 1 N–H and O–H groups in total. The molecule has 5 heteroatoms. The second-order valence-electron chi connectivity index (χ2n) is 5.00. The van der Waals surface area contributed by atoms with Gasteiger partial charge in [0, 0.05) is 32.0 Å². The van der Waals surface area contributed by atoms with E-state index in [-0.39, 0.29) is 6.10 Å². The smallest absolute Gasteiger partial charge is 0.140 e. The largest absolute Gasteiger partial charge is 0.382 e. The molecule has 1 aromatic rings. The van der Waals surface area contributed by atoms with Crippen LogP contribution < -0.4 is 0 Å². The van der Waals surface area contributed by atoms with Crippen LogP contribution in [0.3, 0.4) is 0 Å². The van der Waals surface area contributed by atoms with Gasteiger partial charge in [-0.05, 0) is 19.4 Å². The standard InChI is InChI=1S/C12H19N3O2/c1-14-6-4-13-12(14)11(16)10-7-15-5-2-3-9(15)8-17-10/h4,6,9-11,16H,2-3,5,7-8H2,1H3. The lowest BCUT2D eigenvalue weighted by molar-refractivity contribution is -0.106. The molecule has 94 valence electrons. The third-order valence-corrected chi connectivity index (χ3v) is 3.89. The highest BCUT2D eigenvalue weighted by Crippen LogP contribution is 2.27. The van der Waals surface area contributed by atoms with Gasteiger partial charge < -0.3 is 14.4 Å². The summed E-state index contributed by atoms with van der Waals surface area (Å²) in [6.07, 6.45) is 5.26. The van der Waals surface area contributed by atoms with Gasteiger partial charge >= 0.3 is 0 Å². The second kappa shape index (κ2) is 4.40. The molecule has 5 nitrogen and oxygen atoms in total. The minimum atomic E-state index is -0.628. The second-order valence-corrected chi connectivity index (χ2v) is 5.00. The van der Waals surface area contributed by atoms with Crippen molar-refractivity contribution < 1.29 is 9.84 Å². The molecular weight excluding hydrogens is 218 g/mol. The lowest BCUT2D eigenvalue weighted by atomic mass is 10.1. The first-order valence-corrected chi connectivity index (χ1v) is 6.26. The van der Waals surface area contributed by atoms with Gasteiger partial charge in [0.1, 0.15) is 18.0 Å². The van der Waals surface area contributed by atoms with Gasteiger partial charge in [0.2, 0.25) is 0 Å². The van der Waals surface area contributed by atoms with Gasteiger partial charge in [0.15, 0.2) is 0 Å². The average Bonchev–Trinajstić information content (AvgIpc) is 2.95. The van der Waals surface area contributed by atoms with Gasteiger partial charge in [-0.25, -0.2) is 4.98 Å². The first kappa shape index (κ1) is 11.2. The third-order valence-electron chi connectivity index (χ3n) is 3.89. The highest BCUT2D eigenvalue weighted by atomic mass is 16.5. The lowest BCUT2D eigenvalue weighted by Gasteiger charge is -2.36. The molecular formula is C12H19N3O2. The van der Waals surface area contributed by atoms with Gasteiger partial charge in [-0.1, -0.05) is 0 Å². The van der Waals surface area contributed by atoms with Crippen molar-refractivity contribution >= 4 is 0 Å². The van der Waals surface area contributed by atoms with Crippen molar-refractivity contribution in [2.45, 2.75) is 31.1 Å². The Bertz CT molecular complexity index is 393. The van der Waals surface area contributed by atoms with Crippen molar-refractivity contribution in [3.8, 4) is 0 Å². The van der Waals surface area contributed by atoms with Crippen LogP contribution >= 0.6 is 0 Å². The van der Waals surface area contributed by atoms with Crippen LogP contribution in [0.1, 0.15) is 24.8 Å². The lowest BCUT2D eigenvalue weighted by Crippen LogP contribution is -2.48. The van der Waals surface area contributed by atoms with E-state index in [0.717, 1.165) is 19.7 Å². The number of ether oxygens (including phenoxy) is 1. The van der Waals surface area contributed by atoms with E-state index in [9.17, 15) is 5.11 Å². The van der Waals surface area contributed by atoms with E-state index in [1.807, 2.05) is 17.8 Å². The predicted molar refractivity (Wildman–Crippen MR) is 62.5 cm³/mol. The number of hydrogen-bond acceptors (Lipinski definition) is 4. The molecule has 3 heterocycles. The Morgan fingerprint density at radius 1 is 1.59 bits per heavy atom. The molecule has 2 fully saturated rings. The van der Waals surface area contributed by atoms with Crippen LogP contribution in [0.25, 0.3) is 0 Å². The molecule has 0 radical (unpaired) electrons. The maximum atomic E-state index is 10.3. The summed E-state index contributed by atoms with van der Waals surface area (Å²) in [6, 6.07) is 0.569. The van der Waals surface area contributed by atoms with Gasteiger partial charge in [0.25, 0.3) is 0 Å². The summed E-state index contributed by atoms with van der Waals surface area (Å²) >= 11 is 0. The monoisotopic (exact) mass is 237 g/mol. The number of morpholine rings is 1.